The number of carbonyl (C=O) groups excluding carboxylic acids is 1. The number of para-hydroxylation sites is 2. The van der Waals surface area contributed by atoms with Crippen LogP contribution in [0.5, 0.6) is 5.75 Å². The zero-order valence-electron chi connectivity index (χ0n) is 15.2. The minimum Gasteiger partial charge on any atom is -0.489 e. The molecule has 0 saturated carbocycles. The molecule has 0 aromatic heterocycles. The monoisotopic (exact) mass is 376 g/mol. The predicted molar refractivity (Wildman–Crippen MR) is 103 cm³/mol. The first-order chi connectivity index (χ1) is 12.3. The Morgan fingerprint density at radius 3 is 2.31 bits per heavy atom. The fourth-order valence-electron chi connectivity index (χ4n) is 2.44. The Morgan fingerprint density at radius 2 is 1.69 bits per heavy atom. The number of hydrogen-bond donors (Lipinski definition) is 1. The molecule has 0 saturated heterocycles. The molecule has 0 unspecified atom stereocenters. The molecule has 2 aromatic carbocycles. The molecule has 0 aliphatic rings. The van der Waals surface area contributed by atoms with Gasteiger partial charge < -0.3 is 10.1 Å². The largest absolute Gasteiger partial charge is 0.489 e. The smallest absolute Gasteiger partial charge is 0.251 e. The third-order valence-electron chi connectivity index (χ3n) is 3.53. The predicted octanol–water partition coefficient (Wildman–Crippen LogP) is 2.67. The summed E-state index contributed by atoms with van der Waals surface area (Å²) >= 11 is 0. The van der Waals surface area contributed by atoms with Crippen LogP contribution in [0.4, 0.5) is 5.69 Å². The second-order valence-electron chi connectivity index (χ2n) is 6.09. The Morgan fingerprint density at radius 1 is 1.08 bits per heavy atom. The zero-order chi connectivity index (χ0) is 19.2. The van der Waals surface area contributed by atoms with Crippen molar-refractivity contribution in [1.29, 1.82) is 0 Å². The van der Waals surface area contributed by atoms with Crippen LogP contribution < -0.4 is 14.4 Å². The van der Waals surface area contributed by atoms with E-state index in [-0.39, 0.29) is 25.1 Å². The van der Waals surface area contributed by atoms with E-state index in [1.165, 1.54) is 4.31 Å². The van der Waals surface area contributed by atoms with E-state index in [0.717, 1.165) is 6.26 Å². The van der Waals surface area contributed by atoms with Gasteiger partial charge in [0.15, 0.2) is 0 Å². The number of nitrogens with zero attached hydrogens (tertiary/aromatic N) is 1. The molecule has 1 amide bonds. The molecular formula is C19H24N2O4S. The molecule has 0 spiro atoms. The number of amides is 1. The van der Waals surface area contributed by atoms with E-state index in [1.54, 1.807) is 48.5 Å². The minimum atomic E-state index is -3.54. The van der Waals surface area contributed by atoms with Crippen molar-refractivity contribution in [3.8, 4) is 5.75 Å². The van der Waals surface area contributed by atoms with Gasteiger partial charge in [-0.15, -0.1) is 0 Å². The van der Waals surface area contributed by atoms with Crippen LogP contribution >= 0.6 is 0 Å². The van der Waals surface area contributed by atoms with Crippen molar-refractivity contribution in [2.45, 2.75) is 20.0 Å². The van der Waals surface area contributed by atoms with Crippen molar-refractivity contribution < 1.29 is 17.9 Å². The number of anilines is 1. The fraction of sp³-hybridized carbons (Fsp3) is 0.316. The average molecular weight is 376 g/mol. The van der Waals surface area contributed by atoms with Crippen LogP contribution in [0.3, 0.4) is 0 Å². The summed E-state index contributed by atoms with van der Waals surface area (Å²) in [6.07, 6.45) is 1.05. The summed E-state index contributed by atoms with van der Waals surface area (Å²) in [7, 11) is -3.54. The van der Waals surface area contributed by atoms with Gasteiger partial charge in [0.2, 0.25) is 10.0 Å². The zero-order valence-corrected chi connectivity index (χ0v) is 16.0. The van der Waals surface area contributed by atoms with Gasteiger partial charge in [0.05, 0.1) is 24.6 Å². The molecule has 0 radical (unpaired) electrons. The topological polar surface area (TPSA) is 75.7 Å². The number of carbonyl (C=O) groups is 1. The van der Waals surface area contributed by atoms with Crippen LogP contribution in [0.15, 0.2) is 54.6 Å². The second kappa shape index (κ2) is 8.71. The first-order valence-corrected chi connectivity index (χ1v) is 10.2. The highest BCUT2D eigenvalue weighted by Gasteiger charge is 2.21. The van der Waals surface area contributed by atoms with E-state index in [1.807, 2.05) is 19.9 Å². The molecule has 0 aliphatic heterocycles. The molecule has 2 rings (SSSR count). The van der Waals surface area contributed by atoms with Gasteiger partial charge in [-0.25, -0.2) is 8.42 Å². The van der Waals surface area contributed by atoms with Gasteiger partial charge in [0, 0.05) is 12.1 Å². The molecule has 6 nitrogen and oxygen atoms in total. The van der Waals surface area contributed by atoms with E-state index >= 15 is 0 Å². The Bertz CT molecular complexity index is 836. The Labute approximate surface area is 154 Å². The fourth-order valence-corrected chi connectivity index (χ4v) is 3.38. The second-order valence-corrected chi connectivity index (χ2v) is 8.00. The summed E-state index contributed by atoms with van der Waals surface area (Å²) in [5, 5.41) is 2.75. The highest BCUT2D eigenvalue weighted by molar-refractivity contribution is 7.92. The quantitative estimate of drug-likeness (QED) is 0.769. The van der Waals surface area contributed by atoms with E-state index in [9.17, 15) is 13.2 Å². The van der Waals surface area contributed by atoms with Crippen molar-refractivity contribution in [3.63, 3.8) is 0 Å². The van der Waals surface area contributed by atoms with Crippen LogP contribution in [-0.4, -0.2) is 39.8 Å². The van der Waals surface area contributed by atoms with E-state index in [0.29, 0.717) is 17.0 Å². The lowest BCUT2D eigenvalue weighted by Gasteiger charge is -2.25. The van der Waals surface area contributed by atoms with E-state index in [2.05, 4.69) is 5.32 Å². The van der Waals surface area contributed by atoms with Gasteiger partial charge in [-0.3, -0.25) is 9.10 Å². The molecule has 7 heteroatoms. The molecule has 0 fully saturated rings. The summed E-state index contributed by atoms with van der Waals surface area (Å²) in [5.41, 5.74) is 0.986. The highest BCUT2D eigenvalue weighted by Crippen LogP contribution is 2.30. The van der Waals surface area contributed by atoms with Crippen LogP contribution in [0, 0.1) is 0 Å². The summed E-state index contributed by atoms with van der Waals surface area (Å²) in [4.78, 5) is 12.1. The van der Waals surface area contributed by atoms with Crippen molar-refractivity contribution in [1.82, 2.24) is 5.32 Å². The lowest BCUT2D eigenvalue weighted by atomic mass is 10.2. The third kappa shape index (κ3) is 5.49. The normalized spacial score (nSPS) is 11.2. The number of ether oxygens (including phenoxy) is 1. The minimum absolute atomic E-state index is 0.0876. The maximum absolute atomic E-state index is 12.3. The molecule has 0 bridgehead atoms. The molecule has 0 atom stereocenters. The maximum Gasteiger partial charge on any atom is 0.251 e. The van der Waals surface area contributed by atoms with Gasteiger partial charge >= 0.3 is 0 Å². The highest BCUT2D eigenvalue weighted by atomic mass is 32.2. The van der Waals surface area contributed by atoms with Gasteiger partial charge in [-0.1, -0.05) is 30.3 Å². The van der Waals surface area contributed by atoms with Gasteiger partial charge in [-0.2, -0.15) is 0 Å². The lowest BCUT2D eigenvalue weighted by molar-refractivity contribution is 0.0955. The van der Waals surface area contributed by atoms with Crippen molar-refractivity contribution >= 4 is 21.6 Å². The number of hydrogen-bond acceptors (Lipinski definition) is 4. The van der Waals surface area contributed by atoms with Crippen LogP contribution in [0.1, 0.15) is 24.2 Å². The van der Waals surface area contributed by atoms with E-state index in [4.69, 9.17) is 4.74 Å². The van der Waals surface area contributed by atoms with Crippen LogP contribution in [0.2, 0.25) is 0 Å². The summed E-state index contributed by atoms with van der Waals surface area (Å²) in [6.45, 7) is 4.04. The van der Waals surface area contributed by atoms with Crippen LogP contribution in [-0.2, 0) is 10.0 Å². The first-order valence-electron chi connectivity index (χ1n) is 8.35. The Kier molecular flexibility index (Phi) is 6.63. The summed E-state index contributed by atoms with van der Waals surface area (Å²) in [6, 6.07) is 15.8. The average Bonchev–Trinajstić information content (AvgIpc) is 2.58. The SMILES string of the molecule is CC(C)Oc1ccccc1N(CCNC(=O)c1ccccc1)S(C)(=O)=O. The standard InChI is InChI=1S/C19H24N2O4S/c1-15(2)25-18-12-8-7-11-17(18)21(26(3,23)24)14-13-20-19(22)16-9-5-4-6-10-16/h4-12,15H,13-14H2,1-3H3,(H,20,22). The van der Waals surface area contributed by atoms with E-state index < -0.39 is 10.0 Å². The number of benzene rings is 2. The van der Waals surface area contributed by atoms with Gasteiger partial charge in [0.25, 0.3) is 5.91 Å². The Balaban J connectivity index is 2.13. The molecule has 26 heavy (non-hydrogen) atoms. The molecule has 1 N–H and O–H groups in total. The summed E-state index contributed by atoms with van der Waals surface area (Å²) in [5.74, 6) is 0.244. The van der Waals surface area contributed by atoms with Crippen molar-refractivity contribution in [2.75, 3.05) is 23.7 Å². The van der Waals surface area contributed by atoms with Gasteiger partial charge in [-0.05, 0) is 38.1 Å². The number of sulfonamides is 1. The van der Waals surface area contributed by atoms with Crippen molar-refractivity contribution in [2.24, 2.45) is 0 Å². The Hall–Kier alpha value is -2.54. The molecule has 2 aromatic rings. The van der Waals surface area contributed by atoms with Crippen molar-refractivity contribution in [3.05, 3.63) is 60.2 Å². The first kappa shape index (κ1) is 19.8. The molecular weight excluding hydrogens is 352 g/mol. The maximum atomic E-state index is 12.3. The lowest BCUT2D eigenvalue weighted by Crippen LogP contribution is -2.38. The van der Waals surface area contributed by atoms with Gasteiger partial charge in [0.1, 0.15) is 5.75 Å². The molecule has 0 heterocycles. The third-order valence-corrected chi connectivity index (χ3v) is 4.71. The van der Waals surface area contributed by atoms with Crippen LogP contribution in [0.25, 0.3) is 0 Å². The molecule has 0 aliphatic carbocycles. The molecule has 140 valence electrons. The number of nitrogens with one attached hydrogen (secondary N) is 1. The summed E-state index contributed by atoms with van der Waals surface area (Å²) < 4.78 is 31.5. The number of rotatable bonds is 8.